The zero-order chi connectivity index (χ0) is 15.1. The van der Waals surface area contributed by atoms with Crippen molar-refractivity contribution in [1.82, 2.24) is 10.3 Å². The maximum atomic E-state index is 5.27. The Bertz CT molecular complexity index is 583. The van der Waals surface area contributed by atoms with Crippen molar-refractivity contribution >= 4 is 23.0 Å². The molecule has 0 aliphatic rings. The summed E-state index contributed by atoms with van der Waals surface area (Å²) in [4.78, 5) is 3.97. The fourth-order valence-corrected chi connectivity index (χ4v) is 1.93. The molecule has 6 heteroatoms. The van der Waals surface area contributed by atoms with E-state index in [1.807, 2.05) is 24.3 Å². The Balaban J connectivity index is 1.96. The summed E-state index contributed by atoms with van der Waals surface area (Å²) in [5.74, 6) is 1.41. The molecule has 0 spiro atoms. The van der Waals surface area contributed by atoms with E-state index in [0.717, 1.165) is 11.3 Å². The SMILES string of the molecule is COc1cc(NC(=S)NCc2ccncc2)cc(OC)c1. The van der Waals surface area contributed by atoms with Gasteiger partial charge in [-0.25, -0.2) is 0 Å². The van der Waals surface area contributed by atoms with E-state index in [2.05, 4.69) is 15.6 Å². The zero-order valence-electron chi connectivity index (χ0n) is 11.9. The Morgan fingerprint density at radius 3 is 2.29 bits per heavy atom. The smallest absolute Gasteiger partial charge is 0.171 e. The number of ether oxygens (including phenoxy) is 2. The summed E-state index contributed by atoms with van der Waals surface area (Å²) in [6, 6.07) is 9.37. The third-order valence-corrected chi connectivity index (χ3v) is 3.06. The average molecular weight is 303 g/mol. The van der Waals surface area contributed by atoms with Gasteiger partial charge in [0.1, 0.15) is 11.5 Å². The molecule has 0 aliphatic heterocycles. The lowest BCUT2D eigenvalue weighted by Gasteiger charge is -2.12. The average Bonchev–Trinajstić information content (AvgIpc) is 2.53. The molecular weight excluding hydrogens is 286 g/mol. The summed E-state index contributed by atoms with van der Waals surface area (Å²) in [7, 11) is 3.22. The molecule has 0 atom stereocenters. The minimum Gasteiger partial charge on any atom is -0.497 e. The minimum atomic E-state index is 0.530. The van der Waals surface area contributed by atoms with Crippen LogP contribution in [-0.4, -0.2) is 24.3 Å². The van der Waals surface area contributed by atoms with Gasteiger partial charge in [-0.3, -0.25) is 4.98 Å². The van der Waals surface area contributed by atoms with E-state index >= 15 is 0 Å². The lowest BCUT2D eigenvalue weighted by atomic mass is 10.2. The molecule has 1 heterocycles. The van der Waals surface area contributed by atoms with E-state index in [1.54, 1.807) is 32.7 Å². The lowest BCUT2D eigenvalue weighted by molar-refractivity contribution is 0.395. The molecule has 0 saturated heterocycles. The van der Waals surface area contributed by atoms with Crippen molar-refractivity contribution in [3.63, 3.8) is 0 Å². The normalized spacial score (nSPS) is 9.81. The van der Waals surface area contributed by atoms with Crippen molar-refractivity contribution in [2.45, 2.75) is 6.54 Å². The Kier molecular flexibility index (Phi) is 5.34. The number of aromatic nitrogens is 1. The van der Waals surface area contributed by atoms with Crippen LogP contribution in [0.4, 0.5) is 5.69 Å². The van der Waals surface area contributed by atoms with E-state index in [9.17, 15) is 0 Å². The fraction of sp³-hybridized carbons (Fsp3) is 0.200. The van der Waals surface area contributed by atoms with Crippen molar-refractivity contribution in [3.05, 3.63) is 48.3 Å². The van der Waals surface area contributed by atoms with Gasteiger partial charge in [-0.15, -0.1) is 0 Å². The highest BCUT2D eigenvalue weighted by molar-refractivity contribution is 7.80. The van der Waals surface area contributed by atoms with Crippen molar-refractivity contribution in [2.24, 2.45) is 0 Å². The van der Waals surface area contributed by atoms with E-state index in [4.69, 9.17) is 21.7 Å². The first-order valence-corrected chi connectivity index (χ1v) is 6.79. The molecule has 2 aromatic rings. The number of methoxy groups -OCH3 is 2. The highest BCUT2D eigenvalue weighted by Gasteiger charge is 2.03. The highest BCUT2D eigenvalue weighted by atomic mass is 32.1. The zero-order valence-corrected chi connectivity index (χ0v) is 12.7. The number of hydrogen-bond donors (Lipinski definition) is 2. The second-order valence-electron chi connectivity index (χ2n) is 4.26. The van der Waals surface area contributed by atoms with E-state index < -0.39 is 0 Å². The second kappa shape index (κ2) is 7.44. The predicted octanol–water partition coefficient (Wildman–Crippen LogP) is 2.59. The van der Waals surface area contributed by atoms with Crippen LogP contribution in [0.25, 0.3) is 0 Å². The van der Waals surface area contributed by atoms with Crippen molar-refractivity contribution in [2.75, 3.05) is 19.5 Å². The summed E-state index contributed by atoms with van der Waals surface area (Å²) in [5.41, 5.74) is 1.91. The van der Waals surface area contributed by atoms with Gasteiger partial charge in [0.25, 0.3) is 0 Å². The van der Waals surface area contributed by atoms with Gasteiger partial charge in [-0.05, 0) is 29.9 Å². The summed E-state index contributed by atoms with van der Waals surface area (Å²) in [5, 5.41) is 6.77. The molecule has 2 rings (SSSR count). The molecule has 1 aromatic heterocycles. The lowest BCUT2D eigenvalue weighted by Crippen LogP contribution is -2.27. The van der Waals surface area contributed by atoms with Crippen molar-refractivity contribution in [3.8, 4) is 11.5 Å². The summed E-state index contributed by atoms with van der Waals surface area (Å²) in [6.07, 6.45) is 3.50. The highest BCUT2D eigenvalue weighted by Crippen LogP contribution is 2.25. The van der Waals surface area contributed by atoms with Crippen molar-refractivity contribution in [1.29, 1.82) is 0 Å². The van der Waals surface area contributed by atoms with E-state index in [1.165, 1.54) is 0 Å². The standard InChI is InChI=1S/C15H17N3O2S/c1-19-13-7-12(8-14(9-13)20-2)18-15(21)17-10-11-3-5-16-6-4-11/h3-9H,10H2,1-2H3,(H2,17,18,21). The molecule has 5 nitrogen and oxygen atoms in total. The molecular formula is C15H17N3O2S. The number of hydrogen-bond acceptors (Lipinski definition) is 4. The van der Waals surface area contributed by atoms with E-state index in [-0.39, 0.29) is 0 Å². The van der Waals surface area contributed by atoms with Gasteiger partial charge in [-0.2, -0.15) is 0 Å². The van der Waals surface area contributed by atoms with Crippen LogP contribution < -0.4 is 20.1 Å². The Labute approximate surface area is 129 Å². The quantitative estimate of drug-likeness (QED) is 0.828. The Morgan fingerprint density at radius 1 is 1.10 bits per heavy atom. The topological polar surface area (TPSA) is 55.4 Å². The Morgan fingerprint density at radius 2 is 1.71 bits per heavy atom. The molecule has 21 heavy (non-hydrogen) atoms. The van der Waals surface area contributed by atoms with E-state index in [0.29, 0.717) is 23.2 Å². The van der Waals surface area contributed by atoms with Gasteiger partial charge in [0.05, 0.1) is 14.2 Å². The van der Waals surface area contributed by atoms with Crippen LogP contribution in [0.5, 0.6) is 11.5 Å². The molecule has 0 saturated carbocycles. The van der Waals surface area contributed by atoms with Gasteiger partial charge in [0, 0.05) is 42.8 Å². The summed E-state index contributed by atoms with van der Waals surface area (Å²) in [6.45, 7) is 0.634. The molecule has 2 N–H and O–H groups in total. The van der Waals surface area contributed by atoms with Crippen LogP contribution in [0.3, 0.4) is 0 Å². The van der Waals surface area contributed by atoms with Gasteiger partial charge in [-0.1, -0.05) is 0 Å². The van der Waals surface area contributed by atoms with Crippen LogP contribution in [0.1, 0.15) is 5.56 Å². The third-order valence-electron chi connectivity index (χ3n) is 2.81. The molecule has 0 unspecified atom stereocenters. The maximum Gasteiger partial charge on any atom is 0.171 e. The Hall–Kier alpha value is -2.34. The largest absolute Gasteiger partial charge is 0.497 e. The molecule has 1 aromatic carbocycles. The van der Waals surface area contributed by atoms with Crippen LogP contribution in [0.15, 0.2) is 42.7 Å². The first-order valence-electron chi connectivity index (χ1n) is 6.38. The summed E-state index contributed by atoms with van der Waals surface area (Å²) < 4.78 is 10.4. The van der Waals surface area contributed by atoms with Crippen LogP contribution >= 0.6 is 12.2 Å². The van der Waals surface area contributed by atoms with Crippen LogP contribution in [0, 0.1) is 0 Å². The molecule has 110 valence electrons. The van der Waals surface area contributed by atoms with Gasteiger partial charge < -0.3 is 20.1 Å². The summed E-state index contributed by atoms with van der Waals surface area (Å²) >= 11 is 5.27. The molecule has 0 amide bonds. The number of thiocarbonyl (C=S) groups is 1. The second-order valence-corrected chi connectivity index (χ2v) is 4.67. The number of benzene rings is 1. The first kappa shape index (κ1) is 15.1. The number of anilines is 1. The van der Waals surface area contributed by atoms with Crippen LogP contribution in [0.2, 0.25) is 0 Å². The fourth-order valence-electron chi connectivity index (χ4n) is 1.74. The third kappa shape index (κ3) is 4.61. The number of rotatable bonds is 5. The number of pyridine rings is 1. The van der Waals surface area contributed by atoms with Gasteiger partial charge in [0.2, 0.25) is 0 Å². The van der Waals surface area contributed by atoms with Gasteiger partial charge in [0.15, 0.2) is 5.11 Å². The molecule has 0 radical (unpaired) electrons. The predicted molar refractivity (Wildman–Crippen MR) is 86.8 cm³/mol. The maximum absolute atomic E-state index is 5.27. The number of nitrogens with zero attached hydrogens (tertiary/aromatic N) is 1. The molecule has 0 fully saturated rings. The monoisotopic (exact) mass is 303 g/mol. The van der Waals surface area contributed by atoms with Gasteiger partial charge >= 0.3 is 0 Å². The molecule has 0 aliphatic carbocycles. The first-order chi connectivity index (χ1) is 10.2. The van der Waals surface area contributed by atoms with Crippen LogP contribution in [-0.2, 0) is 6.54 Å². The molecule has 0 bridgehead atoms. The number of nitrogens with one attached hydrogen (secondary N) is 2. The minimum absolute atomic E-state index is 0.530. The van der Waals surface area contributed by atoms with Crippen molar-refractivity contribution < 1.29 is 9.47 Å².